The predicted molar refractivity (Wildman–Crippen MR) is 67.1 cm³/mol. The van der Waals surface area contributed by atoms with Crippen LogP contribution < -0.4 is 5.73 Å². The SMILES string of the molecule is N#CC(C=Nc1ccccc1[N+](=O)[O-])C(N)=S. The number of benzene rings is 1. The van der Waals surface area contributed by atoms with Gasteiger partial charge in [-0.1, -0.05) is 24.4 Å². The smallest absolute Gasteiger partial charge is 0.294 e. The molecule has 0 aliphatic carbocycles. The van der Waals surface area contributed by atoms with E-state index >= 15 is 0 Å². The third kappa shape index (κ3) is 3.32. The van der Waals surface area contributed by atoms with E-state index in [0.717, 1.165) is 0 Å². The molecule has 1 aromatic carbocycles. The molecule has 7 heteroatoms. The molecule has 0 heterocycles. The van der Waals surface area contributed by atoms with Gasteiger partial charge in [0, 0.05) is 12.3 Å². The number of thiocarbonyl (C=S) groups is 1. The van der Waals surface area contributed by atoms with Crippen molar-refractivity contribution in [2.24, 2.45) is 16.6 Å². The second-order valence-corrected chi connectivity index (χ2v) is 3.50. The minimum atomic E-state index is -0.829. The number of para-hydroxylation sites is 2. The van der Waals surface area contributed by atoms with Gasteiger partial charge >= 0.3 is 0 Å². The molecule has 0 fully saturated rings. The van der Waals surface area contributed by atoms with Crippen molar-refractivity contribution in [3.63, 3.8) is 0 Å². The first-order valence-corrected chi connectivity index (χ1v) is 4.93. The van der Waals surface area contributed by atoms with Crippen LogP contribution in [0, 0.1) is 27.4 Å². The van der Waals surface area contributed by atoms with Crippen molar-refractivity contribution >= 4 is 34.8 Å². The van der Waals surface area contributed by atoms with Crippen molar-refractivity contribution in [1.29, 1.82) is 5.26 Å². The summed E-state index contributed by atoms with van der Waals surface area (Å²) in [5, 5.41) is 19.4. The van der Waals surface area contributed by atoms with Gasteiger partial charge in [-0.3, -0.25) is 15.1 Å². The van der Waals surface area contributed by atoms with Crippen LogP contribution in [-0.2, 0) is 0 Å². The third-order valence-corrected chi connectivity index (χ3v) is 2.14. The molecular weight excluding hydrogens is 240 g/mol. The van der Waals surface area contributed by atoms with Crippen LogP contribution in [0.5, 0.6) is 0 Å². The molecule has 1 rings (SSSR count). The van der Waals surface area contributed by atoms with Crippen LogP contribution in [0.1, 0.15) is 0 Å². The summed E-state index contributed by atoms with van der Waals surface area (Å²) in [7, 11) is 0. The first kappa shape index (κ1) is 12.7. The lowest BCUT2D eigenvalue weighted by atomic mass is 10.2. The van der Waals surface area contributed by atoms with Crippen LogP contribution in [0.15, 0.2) is 29.3 Å². The van der Waals surface area contributed by atoms with Crippen LogP contribution in [0.25, 0.3) is 0 Å². The quantitative estimate of drug-likeness (QED) is 0.378. The van der Waals surface area contributed by atoms with Crippen molar-refractivity contribution in [3.05, 3.63) is 34.4 Å². The second kappa shape index (κ2) is 5.67. The molecule has 0 saturated heterocycles. The summed E-state index contributed by atoms with van der Waals surface area (Å²) >= 11 is 4.65. The maximum absolute atomic E-state index is 10.7. The van der Waals surface area contributed by atoms with Gasteiger partial charge in [-0.05, 0) is 6.07 Å². The minimum Gasteiger partial charge on any atom is -0.392 e. The average molecular weight is 248 g/mol. The lowest BCUT2D eigenvalue weighted by Gasteiger charge is -1.99. The van der Waals surface area contributed by atoms with Crippen molar-refractivity contribution in [2.45, 2.75) is 0 Å². The Morgan fingerprint density at radius 2 is 2.29 bits per heavy atom. The van der Waals surface area contributed by atoms with Gasteiger partial charge in [-0.2, -0.15) is 5.26 Å². The van der Waals surface area contributed by atoms with Gasteiger partial charge in [0.2, 0.25) is 0 Å². The predicted octanol–water partition coefficient (Wildman–Crippen LogP) is 1.72. The van der Waals surface area contributed by atoms with Crippen LogP contribution in [0.2, 0.25) is 0 Å². The normalized spacial score (nSPS) is 11.9. The number of nitro benzene ring substituents is 1. The molecule has 6 nitrogen and oxygen atoms in total. The first-order chi connectivity index (χ1) is 8.06. The van der Waals surface area contributed by atoms with E-state index in [-0.39, 0.29) is 16.4 Å². The fraction of sp³-hybridized carbons (Fsp3) is 0.100. The molecule has 0 aliphatic rings. The average Bonchev–Trinajstić information content (AvgIpc) is 2.29. The molecule has 1 aromatic rings. The summed E-state index contributed by atoms with van der Waals surface area (Å²) in [6, 6.07) is 7.79. The summed E-state index contributed by atoms with van der Waals surface area (Å²) in [6.45, 7) is 0. The first-order valence-electron chi connectivity index (χ1n) is 4.53. The highest BCUT2D eigenvalue weighted by atomic mass is 32.1. The molecule has 1 unspecified atom stereocenters. The zero-order chi connectivity index (χ0) is 12.8. The molecule has 0 radical (unpaired) electrons. The molecule has 0 bridgehead atoms. The number of nitro groups is 1. The van der Waals surface area contributed by atoms with E-state index in [9.17, 15) is 10.1 Å². The maximum atomic E-state index is 10.7. The van der Waals surface area contributed by atoms with Crippen LogP contribution in [-0.4, -0.2) is 16.1 Å². The molecule has 0 aromatic heterocycles. The van der Waals surface area contributed by atoms with Gasteiger partial charge in [-0.15, -0.1) is 0 Å². The highest BCUT2D eigenvalue weighted by Crippen LogP contribution is 2.25. The Hall–Kier alpha value is -2.33. The minimum absolute atomic E-state index is 0.0187. The molecule has 17 heavy (non-hydrogen) atoms. The van der Waals surface area contributed by atoms with Crippen LogP contribution >= 0.6 is 12.2 Å². The maximum Gasteiger partial charge on any atom is 0.294 e. The van der Waals surface area contributed by atoms with Crippen molar-refractivity contribution in [1.82, 2.24) is 0 Å². The van der Waals surface area contributed by atoms with E-state index in [0.29, 0.717) is 0 Å². The van der Waals surface area contributed by atoms with Gasteiger partial charge in [0.1, 0.15) is 11.6 Å². The number of hydrogen-bond acceptors (Lipinski definition) is 5. The molecule has 1 atom stereocenters. The fourth-order valence-electron chi connectivity index (χ4n) is 1.05. The number of rotatable bonds is 4. The zero-order valence-electron chi connectivity index (χ0n) is 8.61. The van der Waals surface area contributed by atoms with Gasteiger partial charge in [0.15, 0.2) is 0 Å². The standard InChI is InChI=1S/C10H8N4O2S/c11-5-7(10(12)17)6-13-8-3-1-2-4-9(8)14(15)16/h1-4,6-7H,(H2,12,17). The highest BCUT2D eigenvalue weighted by molar-refractivity contribution is 7.80. The number of nitriles is 1. The monoisotopic (exact) mass is 248 g/mol. The van der Waals surface area contributed by atoms with Crippen molar-refractivity contribution in [3.8, 4) is 6.07 Å². The lowest BCUT2D eigenvalue weighted by molar-refractivity contribution is -0.384. The number of nitrogens with two attached hydrogens (primary N) is 1. The Balaban J connectivity index is 3.03. The molecule has 86 valence electrons. The number of nitrogens with zero attached hydrogens (tertiary/aromatic N) is 3. The van der Waals surface area contributed by atoms with E-state index in [1.54, 1.807) is 6.07 Å². The largest absolute Gasteiger partial charge is 0.392 e. The molecule has 2 N–H and O–H groups in total. The van der Waals surface area contributed by atoms with Gasteiger partial charge in [0.05, 0.1) is 16.0 Å². The Morgan fingerprint density at radius 1 is 1.65 bits per heavy atom. The molecule has 0 aliphatic heterocycles. The van der Waals surface area contributed by atoms with Crippen LogP contribution in [0.3, 0.4) is 0 Å². The summed E-state index contributed by atoms with van der Waals surface area (Å²) in [6.07, 6.45) is 1.20. The Bertz CT molecular complexity index is 521. The van der Waals surface area contributed by atoms with E-state index in [1.807, 2.05) is 6.07 Å². The number of aliphatic imine (C=N–C) groups is 1. The van der Waals surface area contributed by atoms with Gasteiger partial charge in [-0.25, -0.2) is 0 Å². The van der Waals surface area contributed by atoms with Gasteiger partial charge < -0.3 is 5.73 Å². The molecule has 0 saturated carbocycles. The van der Waals surface area contributed by atoms with E-state index in [2.05, 4.69) is 17.2 Å². The Kier molecular flexibility index (Phi) is 4.25. The fourth-order valence-corrected chi connectivity index (χ4v) is 1.17. The Labute approximate surface area is 103 Å². The van der Waals surface area contributed by atoms with E-state index in [1.165, 1.54) is 24.4 Å². The summed E-state index contributed by atoms with van der Waals surface area (Å²) in [4.78, 5) is 14.0. The van der Waals surface area contributed by atoms with E-state index in [4.69, 9.17) is 11.0 Å². The van der Waals surface area contributed by atoms with Crippen molar-refractivity contribution in [2.75, 3.05) is 0 Å². The number of hydrogen-bond donors (Lipinski definition) is 1. The summed E-state index contributed by atoms with van der Waals surface area (Å²) in [5.41, 5.74) is 5.32. The van der Waals surface area contributed by atoms with E-state index < -0.39 is 10.8 Å². The molecular formula is C10H8N4O2S. The summed E-state index contributed by atoms with van der Waals surface area (Å²) < 4.78 is 0. The topological polar surface area (TPSA) is 105 Å². The summed E-state index contributed by atoms with van der Waals surface area (Å²) in [5.74, 6) is -0.829. The van der Waals surface area contributed by atoms with Crippen molar-refractivity contribution < 1.29 is 4.92 Å². The second-order valence-electron chi connectivity index (χ2n) is 3.03. The zero-order valence-corrected chi connectivity index (χ0v) is 9.42. The lowest BCUT2D eigenvalue weighted by Crippen LogP contribution is -2.20. The third-order valence-electron chi connectivity index (χ3n) is 1.89. The molecule has 0 amide bonds. The van der Waals surface area contributed by atoms with Crippen LogP contribution in [0.4, 0.5) is 11.4 Å². The Morgan fingerprint density at radius 3 is 2.82 bits per heavy atom. The van der Waals surface area contributed by atoms with Gasteiger partial charge in [0.25, 0.3) is 5.69 Å². The highest BCUT2D eigenvalue weighted by Gasteiger charge is 2.12. The molecule has 0 spiro atoms.